The van der Waals surface area contributed by atoms with E-state index in [-0.39, 0.29) is 11.8 Å². The second kappa shape index (κ2) is 9.87. The van der Waals surface area contributed by atoms with E-state index in [1.807, 2.05) is 24.7 Å². The molecule has 0 spiro atoms. The molecule has 1 saturated carbocycles. The SMILES string of the molecule is CC(C)Oc1cc2nn(C3CCC(C(C)C)CC3)cc2cc1NC(=O)c1cccc(C(F)(F)F)n1. The molecule has 188 valence electrons. The number of benzene rings is 1. The number of alkyl halides is 3. The first-order valence-electron chi connectivity index (χ1n) is 12.1. The molecular weight excluding hydrogens is 457 g/mol. The summed E-state index contributed by atoms with van der Waals surface area (Å²) in [6, 6.07) is 7.08. The molecule has 35 heavy (non-hydrogen) atoms. The summed E-state index contributed by atoms with van der Waals surface area (Å²) < 4.78 is 47.0. The normalized spacial score (nSPS) is 18.9. The number of fused-ring (bicyclic) bond motifs is 1. The van der Waals surface area contributed by atoms with E-state index in [0.717, 1.165) is 41.8 Å². The first kappa shape index (κ1) is 25.0. The number of pyridine rings is 1. The average molecular weight is 489 g/mol. The van der Waals surface area contributed by atoms with Gasteiger partial charge in [0, 0.05) is 17.6 Å². The summed E-state index contributed by atoms with van der Waals surface area (Å²) in [5, 5.41) is 8.28. The lowest BCUT2D eigenvalue weighted by Crippen LogP contribution is -2.21. The summed E-state index contributed by atoms with van der Waals surface area (Å²) >= 11 is 0. The van der Waals surface area contributed by atoms with Gasteiger partial charge in [-0.1, -0.05) is 19.9 Å². The molecule has 9 heteroatoms. The second-order valence-corrected chi connectivity index (χ2v) is 9.86. The van der Waals surface area contributed by atoms with Crippen LogP contribution >= 0.6 is 0 Å². The van der Waals surface area contributed by atoms with Gasteiger partial charge >= 0.3 is 6.18 Å². The van der Waals surface area contributed by atoms with E-state index in [0.29, 0.717) is 23.4 Å². The summed E-state index contributed by atoms with van der Waals surface area (Å²) in [7, 11) is 0. The Labute approximate surface area is 202 Å². The van der Waals surface area contributed by atoms with Gasteiger partial charge in [-0.15, -0.1) is 0 Å². The van der Waals surface area contributed by atoms with Crippen LogP contribution in [0.4, 0.5) is 18.9 Å². The van der Waals surface area contributed by atoms with E-state index in [4.69, 9.17) is 9.84 Å². The molecule has 3 aromatic rings. The average Bonchev–Trinajstić information content (AvgIpc) is 3.21. The number of aromatic nitrogens is 3. The van der Waals surface area contributed by atoms with Crippen molar-refractivity contribution in [1.29, 1.82) is 0 Å². The Morgan fingerprint density at radius 1 is 1.11 bits per heavy atom. The zero-order valence-corrected chi connectivity index (χ0v) is 20.4. The van der Waals surface area contributed by atoms with Crippen molar-refractivity contribution in [3.63, 3.8) is 0 Å². The van der Waals surface area contributed by atoms with Crippen molar-refractivity contribution in [3.05, 3.63) is 47.9 Å². The molecule has 2 heterocycles. The molecule has 1 N–H and O–H groups in total. The van der Waals surface area contributed by atoms with Crippen LogP contribution in [0.5, 0.6) is 5.75 Å². The van der Waals surface area contributed by atoms with Gasteiger partial charge in [0.2, 0.25) is 0 Å². The van der Waals surface area contributed by atoms with Crippen LogP contribution in [0, 0.1) is 11.8 Å². The van der Waals surface area contributed by atoms with Gasteiger partial charge in [-0.3, -0.25) is 9.48 Å². The van der Waals surface area contributed by atoms with Gasteiger partial charge in [-0.05, 0) is 69.6 Å². The van der Waals surface area contributed by atoms with Crippen LogP contribution in [0.15, 0.2) is 36.5 Å². The summed E-state index contributed by atoms with van der Waals surface area (Å²) in [5.41, 5.74) is -0.346. The second-order valence-electron chi connectivity index (χ2n) is 9.86. The lowest BCUT2D eigenvalue weighted by molar-refractivity contribution is -0.141. The van der Waals surface area contributed by atoms with Crippen LogP contribution in [0.2, 0.25) is 0 Å². The molecule has 1 aliphatic rings. The van der Waals surface area contributed by atoms with Crippen molar-refractivity contribution in [2.24, 2.45) is 11.8 Å². The number of hydrogen-bond acceptors (Lipinski definition) is 4. The molecule has 0 radical (unpaired) electrons. The Balaban J connectivity index is 1.61. The van der Waals surface area contributed by atoms with E-state index in [9.17, 15) is 18.0 Å². The number of hydrogen-bond donors (Lipinski definition) is 1. The van der Waals surface area contributed by atoms with Crippen LogP contribution in [0.1, 0.15) is 75.6 Å². The largest absolute Gasteiger partial charge is 0.489 e. The Hall–Kier alpha value is -3.10. The molecule has 0 unspecified atom stereocenters. The van der Waals surface area contributed by atoms with Crippen molar-refractivity contribution in [3.8, 4) is 5.75 Å². The van der Waals surface area contributed by atoms with Gasteiger partial charge in [0.1, 0.15) is 17.1 Å². The highest BCUT2D eigenvalue weighted by atomic mass is 19.4. The molecule has 4 rings (SSSR count). The highest BCUT2D eigenvalue weighted by Crippen LogP contribution is 2.37. The first-order chi connectivity index (χ1) is 16.5. The standard InChI is InChI=1S/C26H31F3N4O2/c1-15(2)17-8-10-19(11-9-17)33-14-18-12-22(23(35-16(3)4)13-21(18)32-33)31-25(34)20-6-5-7-24(30-20)26(27,28)29/h5-7,12-17,19H,8-11H2,1-4H3,(H,31,34). The van der Waals surface area contributed by atoms with Crippen LogP contribution in [-0.2, 0) is 6.18 Å². The van der Waals surface area contributed by atoms with Crippen LogP contribution in [-0.4, -0.2) is 26.8 Å². The van der Waals surface area contributed by atoms with E-state index in [1.54, 1.807) is 12.1 Å². The topological polar surface area (TPSA) is 69.0 Å². The molecule has 1 aliphatic carbocycles. The Bertz CT molecular complexity index is 1200. The minimum atomic E-state index is -4.63. The van der Waals surface area contributed by atoms with E-state index in [2.05, 4.69) is 24.1 Å². The van der Waals surface area contributed by atoms with Gasteiger partial charge in [0.25, 0.3) is 5.91 Å². The molecule has 0 bridgehead atoms. The molecule has 1 amide bonds. The van der Waals surface area contributed by atoms with E-state index in [1.165, 1.54) is 18.9 Å². The van der Waals surface area contributed by atoms with Crippen LogP contribution < -0.4 is 10.1 Å². The van der Waals surface area contributed by atoms with Gasteiger partial charge in [-0.2, -0.15) is 18.3 Å². The fraction of sp³-hybridized carbons (Fsp3) is 0.500. The number of rotatable bonds is 6. The number of ether oxygens (including phenoxy) is 1. The zero-order chi connectivity index (χ0) is 25.3. The Morgan fingerprint density at radius 2 is 1.83 bits per heavy atom. The number of anilines is 1. The maximum atomic E-state index is 13.0. The maximum Gasteiger partial charge on any atom is 0.433 e. The highest BCUT2D eigenvalue weighted by molar-refractivity contribution is 6.05. The summed E-state index contributed by atoms with van der Waals surface area (Å²) in [6.45, 7) is 8.26. The molecule has 6 nitrogen and oxygen atoms in total. The molecule has 2 aromatic heterocycles. The van der Waals surface area contributed by atoms with Crippen molar-refractivity contribution in [1.82, 2.24) is 14.8 Å². The fourth-order valence-electron chi connectivity index (χ4n) is 4.65. The lowest BCUT2D eigenvalue weighted by Gasteiger charge is -2.30. The quantitative estimate of drug-likeness (QED) is 0.411. The summed E-state index contributed by atoms with van der Waals surface area (Å²) in [6.07, 6.45) is 1.63. The third-order valence-electron chi connectivity index (χ3n) is 6.56. The Kier molecular flexibility index (Phi) is 7.05. The van der Waals surface area contributed by atoms with Crippen molar-refractivity contribution < 1.29 is 22.7 Å². The van der Waals surface area contributed by atoms with Gasteiger partial charge in [0.15, 0.2) is 0 Å². The fourth-order valence-corrected chi connectivity index (χ4v) is 4.65. The molecule has 1 aromatic carbocycles. The van der Waals surface area contributed by atoms with Gasteiger partial charge in [-0.25, -0.2) is 4.98 Å². The molecule has 1 fully saturated rings. The molecule has 0 saturated heterocycles. The minimum absolute atomic E-state index is 0.178. The van der Waals surface area contributed by atoms with Crippen LogP contribution in [0.3, 0.4) is 0 Å². The summed E-state index contributed by atoms with van der Waals surface area (Å²) in [5.74, 6) is 1.08. The zero-order valence-electron chi connectivity index (χ0n) is 20.4. The smallest absolute Gasteiger partial charge is 0.433 e. The molecular formula is C26H31F3N4O2. The third-order valence-corrected chi connectivity index (χ3v) is 6.56. The minimum Gasteiger partial charge on any atom is -0.489 e. The highest BCUT2D eigenvalue weighted by Gasteiger charge is 2.33. The van der Waals surface area contributed by atoms with E-state index < -0.39 is 17.8 Å². The number of nitrogens with one attached hydrogen (secondary N) is 1. The van der Waals surface area contributed by atoms with Crippen molar-refractivity contribution >= 4 is 22.5 Å². The maximum absolute atomic E-state index is 13.0. The van der Waals surface area contributed by atoms with Gasteiger partial charge < -0.3 is 10.1 Å². The monoisotopic (exact) mass is 488 g/mol. The van der Waals surface area contributed by atoms with Crippen LogP contribution in [0.25, 0.3) is 10.9 Å². The summed E-state index contributed by atoms with van der Waals surface area (Å²) in [4.78, 5) is 16.3. The predicted octanol–water partition coefficient (Wildman–Crippen LogP) is 6.88. The number of carbonyl (C=O) groups is 1. The first-order valence-corrected chi connectivity index (χ1v) is 12.1. The number of amides is 1. The van der Waals surface area contributed by atoms with E-state index >= 15 is 0 Å². The van der Waals surface area contributed by atoms with Gasteiger partial charge in [0.05, 0.1) is 23.3 Å². The lowest BCUT2D eigenvalue weighted by atomic mass is 9.80. The third kappa shape index (κ3) is 5.77. The molecule has 0 atom stereocenters. The number of halogens is 3. The van der Waals surface area contributed by atoms with Crippen molar-refractivity contribution in [2.75, 3.05) is 5.32 Å². The Morgan fingerprint density at radius 3 is 2.46 bits per heavy atom. The molecule has 0 aliphatic heterocycles. The number of carbonyl (C=O) groups excluding carboxylic acids is 1. The van der Waals surface area contributed by atoms with Crippen molar-refractivity contribution in [2.45, 2.75) is 71.7 Å². The predicted molar refractivity (Wildman–Crippen MR) is 129 cm³/mol. The number of nitrogens with zero attached hydrogens (tertiary/aromatic N) is 3.